The van der Waals surface area contributed by atoms with E-state index in [1.54, 1.807) is 12.1 Å². The van der Waals surface area contributed by atoms with Gasteiger partial charge in [0.1, 0.15) is 17.9 Å². The highest BCUT2D eigenvalue weighted by atomic mass is 19.1. The van der Waals surface area contributed by atoms with Crippen molar-refractivity contribution in [2.45, 2.75) is 64.0 Å². The van der Waals surface area contributed by atoms with Crippen LogP contribution in [0.1, 0.15) is 51.0 Å². The van der Waals surface area contributed by atoms with Crippen molar-refractivity contribution in [2.75, 3.05) is 0 Å². The number of nitrogens with one attached hydrogen (secondary N) is 2. The maximum absolute atomic E-state index is 13.1. The third-order valence-electron chi connectivity index (χ3n) is 4.36. The van der Waals surface area contributed by atoms with Gasteiger partial charge < -0.3 is 16.4 Å². The molecule has 1 aromatic rings. The molecule has 154 valence electrons. The summed E-state index contributed by atoms with van der Waals surface area (Å²) in [4.78, 5) is 35.8. The van der Waals surface area contributed by atoms with Gasteiger partial charge in [-0.2, -0.15) is 0 Å². The van der Waals surface area contributed by atoms with Gasteiger partial charge in [-0.25, -0.2) is 4.39 Å². The smallest absolute Gasteiger partial charge is 0.243 e. The lowest BCUT2D eigenvalue weighted by molar-refractivity contribution is -0.130. The van der Waals surface area contributed by atoms with Gasteiger partial charge in [-0.1, -0.05) is 37.5 Å². The Morgan fingerprint density at radius 2 is 1.71 bits per heavy atom. The number of carbonyl (C=O) groups excluding carboxylic acids is 3. The molecule has 0 fully saturated rings. The Bertz CT molecular complexity index is 661. The molecular weight excluding hydrogens is 361 g/mol. The Labute approximate surface area is 165 Å². The van der Waals surface area contributed by atoms with Crippen LogP contribution >= 0.6 is 0 Å². The van der Waals surface area contributed by atoms with Crippen LogP contribution in [0.2, 0.25) is 0 Å². The van der Waals surface area contributed by atoms with E-state index in [9.17, 15) is 18.8 Å². The topological polar surface area (TPSA) is 101 Å². The second kappa shape index (κ2) is 12.6. The first kappa shape index (κ1) is 23.3. The van der Waals surface area contributed by atoms with E-state index < -0.39 is 23.9 Å². The van der Waals surface area contributed by atoms with Gasteiger partial charge in [-0.3, -0.25) is 14.4 Å². The fraction of sp³-hybridized carbons (Fsp3) is 0.476. The van der Waals surface area contributed by atoms with Crippen molar-refractivity contribution in [3.63, 3.8) is 0 Å². The molecule has 0 spiro atoms. The number of primary amides is 1. The lowest BCUT2D eigenvalue weighted by atomic mass is 10.0. The van der Waals surface area contributed by atoms with Gasteiger partial charge in [-0.15, -0.1) is 6.58 Å². The standard InChI is InChI=1S/C21H30FN3O3/c1-3-4-5-6-7-8-9-18(20(23)27)25-21(28)19(24-15(2)26)14-16-10-12-17(22)13-11-16/h3,10-13,18-19H,1,4-9,14H2,2H3,(H2,23,27)(H,24,26)(H,25,28)/t18-,19+/m1/s1. The molecule has 1 rings (SSSR count). The van der Waals surface area contributed by atoms with E-state index >= 15 is 0 Å². The molecule has 0 radical (unpaired) electrons. The molecule has 0 aromatic heterocycles. The molecule has 3 amide bonds. The van der Waals surface area contributed by atoms with Crippen LogP contribution in [0.25, 0.3) is 0 Å². The van der Waals surface area contributed by atoms with Gasteiger partial charge in [0.2, 0.25) is 17.7 Å². The normalized spacial score (nSPS) is 12.6. The second-order valence-corrected chi connectivity index (χ2v) is 6.83. The van der Waals surface area contributed by atoms with Crippen LogP contribution in [0.3, 0.4) is 0 Å². The van der Waals surface area contributed by atoms with Crippen molar-refractivity contribution >= 4 is 17.7 Å². The highest BCUT2D eigenvalue weighted by Gasteiger charge is 2.25. The summed E-state index contributed by atoms with van der Waals surface area (Å²) < 4.78 is 13.1. The zero-order valence-electron chi connectivity index (χ0n) is 16.4. The number of amides is 3. The highest BCUT2D eigenvalue weighted by molar-refractivity contribution is 5.91. The first-order valence-corrected chi connectivity index (χ1v) is 9.55. The van der Waals surface area contributed by atoms with E-state index in [0.29, 0.717) is 12.0 Å². The minimum absolute atomic E-state index is 0.179. The molecule has 0 aliphatic carbocycles. The van der Waals surface area contributed by atoms with E-state index in [1.165, 1.54) is 19.1 Å². The lowest BCUT2D eigenvalue weighted by Crippen LogP contribution is -2.53. The number of hydrogen-bond acceptors (Lipinski definition) is 3. The summed E-state index contributed by atoms with van der Waals surface area (Å²) in [6.45, 7) is 4.98. The Morgan fingerprint density at radius 1 is 1.07 bits per heavy atom. The van der Waals surface area contributed by atoms with Crippen molar-refractivity contribution in [3.05, 3.63) is 48.3 Å². The van der Waals surface area contributed by atoms with Gasteiger partial charge in [-0.05, 0) is 37.0 Å². The summed E-state index contributed by atoms with van der Waals surface area (Å²) >= 11 is 0. The Balaban J connectivity index is 2.65. The number of carbonyl (C=O) groups is 3. The van der Waals surface area contributed by atoms with Crippen LogP contribution in [0.15, 0.2) is 36.9 Å². The van der Waals surface area contributed by atoms with Crippen LogP contribution in [0, 0.1) is 5.82 Å². The van der Waals surface area contributed by atoms with Gasteiger partial charge >= 0.3 is 0 Å². The van der Waals surface area contributed by atoms with Gasteiger partial charge in [0.15, 0.2) is 0 Å². The van der Waals surface area contributed by atoms with E-state index in [4.69, 9.17) is 5.73 Å². The van der Waals surface area contributed by atoms with Crippen molar-refractivity contribution in [3.8, 4) is 0 Å². The van der Waals surface area contributed by atoms with Gasteiger partial charge in [0.25, 0.3) is 0 Å². The van der Waals surface area contributed by atoms with E-state index in [1.807, 2.05) is 6.08 Å². The molecule has 0 saturated heterocycles. The molecule has 4 N–H and O–H groups in total. The first-order chi connectivity index (χ1) is 13.3. The van der Waals surface area contributed by atoms with E-state index in [2.05, 4.69) is 17.2 Å². The molecule has 0 aliphatic rings. The molecule has 0 bridgehead atoms. The number of unbranched alkanes of at least 4 members (excludes halogenated alkanes) is 4. The Morgan fingerprint density at radius 3 is 2.29 bits per heavy atom. The fourth-order valence-electron chi connectivity index (χ4n) is 2.86. The molecule has 0 aliphatic heterocycles. The monoisotopic (exact) mass is 391 g/mol. The summed E-state index contributed by atoms with van der Waals surface area (Å²) in [5.74, 6) is -1.86. The quantitative estimate of drug-likeness (QED) is 0.355. The van der Waals surface area contributed by atoms with Crippen LogP contribution in [0.5, 0.6) is 0 Å². The van der Waals surface area contributed by atoms with Crippen molar-refractivity contribution in [2.24, 2.45) is 5.73 Å². The zero-order valence-corrected chi connectivity index (χ0v) is 16.4. The van der Waals surface area contributed by atoms with Crippen LogP contribution in [0.4, 0.5) is 4.39 Å². The second-order valence-electron chi connectivity index (χ2n) is 6.83. The number of rotatable bonds is 13. The fourth-order valence-corrected chi connectivity index (χ4v) is 2.86. The van der Waals surface area contributed by atoms with E-state index in [-0.39, 0.29) is 18.1 Å². The molecule has 28 heavy (non-hydrogen) atoms. The third-order valence-corrected chi connectivity index (χ3v) is 4.36. The molecule has 0 saturated carbocycles. The Hall–Kier alpha value is -2.70. The predicted molar refractivity (Wildman–Crippen MR) is 107 cm³/mol. The van der Waals surface area contributed by atoms with Crippen molar-refractivity contribution in [1.82, 2.24) is 10.6 Å². The molecule has 7 heteroatoms. The molecule has 0 unspecified atom stereocenters. The average molecular weight is 391 g/mol. The largest absolute Gasteiger partial charge is 0.368 e. The van der Waals surface area contributed by atoms with Crippen molar-refractivity contribution < 1.29 is 18.8 Å². The molecule has 1 aromatic carbocycles. The van der Waals surface area contributed by atoms with E-state index in [0.717, 1.165) is 32.1 Å². The Kier molecular flexibility index (Phi) is 10.5. The molecule has 6 nitrogen and oxygen atoms in total. The van der Waals surface area contributed by atoms with Crippen molar-refractivity contribution in [1.29, 1.82) is 0 Å². The highest BCUT2D eigenvalue weighted by Crippen LogP contribution is 2.10. The number of halogens is 1. The SMILES string of the molecule is C=CCCCCCC[C@@H](NC(=O)[C@H](Cc1ccc(F)cc1)NC(C)=O)C(N)=O. The van der Waals surface area contributed by atoms with Crippen LogP contribution in [-0.4, -0.2) is 29.8 Å². The summed E-state index contributed by atoms with van der Waals surface area (Å²) in [5, 5.41) is 5.21. The number of hydrogen-bond donors (Lipinski definition) is 3. The summed E-state index contributed by atoms with van der Waals surface area (Å²) in [6.07, 6.45) is 7.20. The summed E-state index contributed by atoms with van der Waals surface area (Å²) in [7, 11) is 0. The molecule has 0 heterocycles. The molecule has 2 atom stereocenters. The number of nitrogens with two attached hydrogens (primary N) is 1. The number of benzene rings is 1. The summed E-state index contributed by atoms with van der Waals surface area (Å²) in [5.41, 5.74) is 6.11. The minimum Gasteiger partial charge on any atom is -0.368 e. The third kappa shape index (κ3) is 9.30. The van der Waals surface area contributed by atoms with Gasteiger partial charge in [0, 0.05) is 13.3 Å². The lowest BCUT2D eigenvalue weighted by Gasteiger charge is -2.21. The maximum Gasteiger partial charge on any atom is 0.243 e. The average Bonchev–Trinajstić information content (AvgIpc) is 2.64. The summed E-state index contributed by atoms with van der Waals surface area (Å²) in [6, 6.07) is 4.00. The van der Waals surface area contributed by atoms with Gasteiger partial charge in [0.05, 0.1) is 0 Å². The minimum atomic E-state index is -0.877. The van der Waals surface area contributed by atoms with Crippen LogP contribution in [-0.2, 0) is 20.8 Å². The molecular formula is C21H30FN3O3. The van der Waals surface area contributed by atoms with Crippen LogP contribution < -0.4 is 16.4 Å². The number of allylic oxidation sites excluding steroid dienone is 1. The maximum atomic E-state index is 13.1. The predicted octanol–water partition coefficient (Wildman–Crippen LogP) is 2.37. The zero-order chi connectivity index (χ0) is 20.9. The first-order valence-electron chi connectivity index (χ1n) is 9.55.